The van der Waals surface area contributed by atoms with Crippen molar-refractivity contribution < 1.29 is 22.7 Å². The van der Waals surface area contributed by atoms with E-state index in [1.54, 1.807) is 28.6 Å². The number of carbonyl (C=O) groups excluding carboxylic acids is 2. The van der Waals surface area contributed by atoms with Gasteiger partial charge in [-0.1, -0.05) is 31.0 Å². The highest BCUT2D eigenvalue weighted by Crippen LogP contribution is 2.21. The van der Waals surface area contributed by atoms with Crippen LogP contribution in [0.25, 0.3) is 6.08 Å². The summed E-state index contributed by atoms with van der Waals surface area (Å²) in [5, 5.41) is 2.70. The lowest BCUT2D eigenvalue weighted by atomic mass is 10.1. The molecular weight excluding hydrogens is 440 g/mol. The van der Waals surface area contributed by atoms with E-state index in [9.17, 15) is 18.0 Å². The predicted molar refractivity (Wildman–Crippen MR) is 128 cm³/mol. The Morgan fingerprint density at radius 1 is 0.970 bits per heavy atom. The third-order valence-electron chi connectivity index (χ3n) is 5.35. The monoisotopic (exact) mass is 470 g/mol. The first-order chi connectivity index (χ1) is 15.7. The molecule has 1 amide bonds. The molecule has 8 heteroatoms. The molecule has 2 aromatic rings. The second kappa shape index (κ2) is 11.2. The van der Waals surface area contributed by atoms with Gasteiger partial charge in [0.25, 0.3) is 5.91 Å². The summed E-state index contributed by atoms with van der Waals surface area (Å²) < 4.78 is 32.2. The smallest absolute Gasteiger partial charge is 0.331 e. The normalized spacial score (nSPS) is 15.2. The van der Waals surface area contributed by atoms with Crippen molar-refractivity contribution in [3.63, 3.8) is 0 Å². The molecule has 176 valence electrons. The fourth-order valence-corrected chi connectivity index (χ4v) is 5.29. The van der Waals surface area contributed by atoms with Crippen molar-refractivity contribution in [2.45, 2.75) is 44.4 Å². The molecule has 0 saturated carbocycles. The molecule has 33 heavy (non-hydrogen) atoms. The number of nitrogens with one attached hydrogen (secondary N) is 1. The fourth-order valence-electron chi connectivity index (χ4n) is 3.77. The molecular formula is C25H30N2O5S. The number of sulfonamides is 1. The van der Waals surface area contributed by atoms with Crippen molar-refractivity contribution in [3.8, 4) is 0 Å². The number of esters is 1. The molecule has 0 spiro atoms. The molecule has 0 radical (unpaired) electrons. The van der Waals surface area contributed by atoms with Gasteiger partial charge in [-0.2, -0.15) is 4.31 Å². The molecule has 1 aliphatic heterocycles. The maximum Gasteiger partial charge on any atom is 0.331 e. The standard InChI is InChI=1S/C25H30N2O5S/c1-19-15-20(2)17-22(16-19)26-24(28)18-32-25(29)12-9-21-7-10-23(11-8-21)33(30,31)27-13-5-3-4-6-14-27/h7-12,15-17H,3-6,13-14,18H2,1-2H3,(H,26,28). The van der Waals surface area contributed by atoms with Gasteiger partial charge in [-0.25, -0.2) is 13.2 Å². The molecule has 1 fully saturated rings. The van der Waals surface area contributed by atoms with E-state index in [0.717, 1.165) is 36.8 Å². The largest absolute Gasteiger partial charge is 0.452 e. The number of amides is 1. The average Bonchev–Trinajstić information content (AvgIpc) is 3.06. The van der Waals surface area contributed by atoms with Crippen LogP contribution in [0.2, 0.25) is 0 Å². The number of anilines is 1. The van der Waals surface area contributed by atoms with Crippen LogP contribution in [-0.4, -0.2) is 44.3 Å². The highest BCUT2D eigenvalue weighted by Gasteiger charge is 2.24. The van der Waals surface area contributed by atoms with Gasteiger partial charge in [-0.15, -0.1) is 0 Å². The van der Waals surface area contributed by atoms with Crippen molar-refractivity contribution in [3.05, 3.63) is 65.2 Å². The lowest BCUT2D eigenvalue weighted by Crippen LogP contribution is -2.31. The quantitative estimate of drug-likeness (QED) is 0.487. The first-order valence-electron chi connectivity index (χ1n) is 11.1. The van der Waals surface area contributed by atoms with Gasteiger partial charge in [0.05, 0.1) is 4.90 Å². The average molecular weight is 471 g/mol. The molecule has 0 atom stereocenters. The van der Waals surface area contributed by atoms with E-state index in [0.29, 0.717) is 24.3 Å². The second-order valence-corrected chi connectivity index (χ2v) is 10.2. The number of rotatable bonds is 7. The van der Waals surface area contributed by atoms with E-state index < -0.39 is 28.5 Å². The van der Waals surface area contributed by atoms with Crippen LogP contribution in [0, 0.1) is 13.8 Å². The van der Waals surface area contributed by atoms with Crippen molar-refractivity contribution >= 4 is 33.7 Å². The Hall–Kier alpha value is -2.97. The van der Waals surface area contributed by atoms with Gasteiger partial charge < -0.3 is 10.1 Å². The minimum absolute atomic E-state index is 0.243. The maximum atomic E-state index is 12.8. The second-order valence-electron chi connectivity index (χ2n) is 8.25. The van der Waals surface area contributed by atoms with Crippen molar-refractivity contribution in [2.24, 2.45) is 0 Å². The van der Waals surface area contributed by atoms with E-state index in [1.807, 2.05) is 32.0 Å². The van der Waals surface area contributed by atoms with Crippen LogP contribution >= 0.6 is 0 Å². The third kappa shape index (κ3) is 7.27. The van der Waals surface area contributed by atoms with E-state index in [-0.39, 0.29) is 4.90 Å². The number of hydrogen-bond donors (Lipinski definition) is 1. The van der Waals surface area contributed by atoms with Gasteiger partial charge in [0.15, 0.2) is 6.61 Å². The minimum Gasteiger partial charge on any atom is -0.452 e. The number of carbonyl (C=O) groups is 2. The Morgan fingerprint density at radius 3 is 2.18 bits per heavy atom. The van der Waals surface area contributed by atoms with Crippen LogP contribution in [0.4, 0.5) is 5.69 Å². The third-order valence-corrected chi connectivity index (χ3v) is 7.26. The number of nitrogens with zero attached hydrogens (tertiary/aromatic N) is 1. The Morgan fingerprint density at radius 2 is 1.58 bits per heavy atom. The van der Waals surface area contributed by atoms with Crippen LogP contribution in [-0.2, 0) is 24.3 Å². The molecule has 0 bridgehead atoms. The lowest BCUT2D eigenvalue weighted by Gasteiger charge is -2.19. The van der Waals surface area contributed by atoms with Crippen LogP contribution < -0.4 is 5.32 Å². The van der Waals surface area contributed by atoms with Crippen molar-refractivity contribution in [1.82, 2.24) is 4.31 Å². The first-order valence-corrected chi connectivity index (χ1v) is 12.5. The zero-order valence-corrected chi connectivity index (χ0v) is 19.9. The molecule has 0 unspecified atom stereocenters. The van der Waals surface area contributed by atoms with E-state index in [2.05, 4.69) is 5.32 Å². The number of ether oxygens (including phenoxy) is 1. The summed E-state index contributed by atoms with van der Waals surface area (Å²) in [6, 6.07) is 12.0. The van der Waals surface area contributed by atoms with Crippen molar-refractivity contribution in [1.29, 1.82) is 0 Å². The zero-order chi connectivity index (χ0) is 23.8. The molecule has 0 aliphatic carbocycles. The Balaban J connectivity index is 1.52. The summed E-state index contributed by atoms with van der Waals surface area (Å²) in [6.07, 6.45) is 6.60. The van der Waals surface area contributed by atoms with Crippen LogP contribution in [0.3, 0.4) is 0 Å². The summed E-state index contributed by atoms with van der Waals surface area (Å²) in [5.41, 5.74) is 3.35. The molecule has 1 heterocycles. The highest BCUT2D eigenvalue weighted by atomic mass is 32.2. The summed E-state index contributed by atoms with van der Waals surface area (Å²) in [5.74, 6) is -1.09. The summed E-state index contributed by atoms with van der Waals surface area (Å²) in [7, 11) is -3.51. The molecule has 3 rings (SSSR count). The van der Waals surface area contributed by atoms with Crippen LogP contribution in [0.5, 0.6) is 0 Å². The molecule has 1 saturated heterocycles. The Bertz CT molecular complexity index is 1100. The molecule has 1 aliphatic rings. The first kappa shape index (κ1) is 24.7. The van der Waals surface area contributed by atoms with Crippen LogP contribution in [0.15, 0.2) is 53.4 Å². The Labute approximate surface area is 195 Å². The zero-order valence-electron chi connectivity index (χ0n) is 19.0. The summed E-state index contributed by atoms with van der Waals surface area (Å²) in [6.45, 7) is 4.57. The van der Waals surface area contributed by atoms with Gasteiger partial charge in [0.1, 0.15) is 0 Å². The summed E-state index contributed by atoms with van der Waals surface area (Å²) >= 11 is 0. The van der Waals surface area contributed by atoms with Gasteiger partial charge in [-0.3, -0.25) is 4.79 Å². The van der Waals surface area contributed by atoms with Gasteiger partial charge >= 0.3 is 5.97 Å². The summed E-state index contributed by atoms with van der Waals surface area (Å²) in [4.78, 5) is 24.2. The van der Waals surface area contributed by atoms with Crippen LogP contribution in [0.1, 0.15) is 42.4 Å². The van der Waals surface area contributed by atoms with Gasteiger partial charge in [0.2, 0.25) is 10.0 Å². The number of hydrogen-bond acceptors (Lipinski definition) is 5. The molecule has 2 aromatic carbocycles. The SMILES string of the molecule is Cc1cc(C)cc(NC(=O)COC(=O)C=Cc2ccc(S(=O)(=O)N3CCCCCC3)cc2)c1. The van der Waals surface area contributed by atoms with E-state index in [4.69, 9.17) is 4.74 Å². The molecule has 1 N–H and O–H groups in total. The predicted octanol–water partition coefficient (Wildman–Crippen LogP) is 4.06. The highest BCUT2D eigenvalue weighted by molar-refractivity contribution is 7.89. The minimum atomic E-state index is -3.51. The number of benzene rings is 2. The van der Waals surface area contributed by atoms with Crippen molar-refractivity contribution in [2.75, 3.05) is 25.0 Å². The number of aryl methyl sites for hydroxylation is 2. The van der Waals surface area contributed by atoms with E-state index in [1.165, 1.54) is 12.2 Å². The lowest BCUT2D eigenvalue weighted by molar-refractivity contribution is -0.142. The van der Waals surface area contributed by atoms with E-state index >= 15 is 0 Å². The molecule has 7 nitrogen and oxygen atoms in total. The van der Waals surface area contributed by atoms with Gasteiger partial charge in [-0.05, 0) is 73.7 Å². The Kier molecular flexibility index (Phi) is 8.41. The van der Waals surface area contributed by atoms with Gasteiger partial charge in [0, 0.05) is 24.9 Å². The molecule has 0 aromatic heterocycles. The fraction of sp³-hybridized carbons (Fsp3) is 0.360. The maximum absolute atomic E-state index is 12.8. The topological polar surface area (TPSA) is 92.8 Å².